The van der Waals surface area contributed by atoms with Gasteiger partial charge < -0.3 is 20.1 Å². The first kappa shape index (κ1) is 18.9. The van der Waals surface area contributed by atoms with Gasteiger partial charge in [0.25, 0.3) is 5.91 Å². The van der Waals surface area contributed by atoms with E-state index in [1.807, 2.05) is 24.3 Å². The molecule has 0 bridgehead atoms. The van der Waals surface area contributed by atoms with Crippen molar-refractivity contribution in [2.75, 3.05) is 24.9 Å². The fourth-order valence-electron chi connectivity index (χ4n) is 2.47. The summed E-state index contributed by atoms with van der Waals surface area (Å²) in [6, 6.07) is 17.3. The van der Waals surface area contributed by atoms with E-state index in [1.54, 1.807) is 49.7 Å². The fourth-order valence-corrected chi connectivity index (χ4v) is 2.47. The van der Waals surface area contributed by atoms with Crippen LogP contribution in [0.3, 0.4) is 0 Å². The third-order valence-corrected chi connectivity index (χ3v) is 3.92. The van der Waals surface area contributed by atoms with E-state index < -0.39 is 5.97 Å². The Morgan fingerprint density at radius 3 is 2.29 bits per heavy atom. The van der Waals surface area contributed by atoms with Crippen molar-refractivity contribution in [3.05, 3.63) is 78.1 Å². The van der Waals surface area contributed by atoms with E-state index in [0.29, 0.717) is 11.3 Å². The minimum absolute atomic E-state index is 0.272. The van der Waals surface area contributed by atoms with Gasteiger partial charge in [0.2, 0.25) is 0 Å². The average Bonchev–Trinajstić information content (AvgIpc) is 2.74. The highest BCUT2D eigenvalue weighted by Gasteiger charge is 2.09. The van der Waals surface area contributed by atoms with Crippen LogP contribution in [0.4, 0.5) is 17.1 Å². The van der Waals surface area contributed by atoms with Gasteiger partial charge in [0.1, 0.15) is 11.4 Å². The predicted molar refractivity (Wildman–Crippen MR) is 106 cm³/mol. The summed E-state index contributed by atoms with van der Waals surface area (Å²) in [5.74, 6) is -0.0374. The number of carbonyl (C=O) groups is 2. The van der Waals surface area contributed by atoms with E-state index in [2.05, 4.69) is 20.4 Å². The summed E-state index contributed by atoms with van der Waals surface area (Å²) in [4.78, 5) is 28.0. The van der Waals surface area contributed by atoms with Gasteiger partial charge >= 0.3 is 5.97 Å². The minimum atomic E-state index is -0.432. The molecule has 1 aromatic heterocycles. The van der Waals surface area contributed by atoms with Crippen LogP contribution >= 0.6 is 0 Å². The van der Waals surface area contributed by atoms with E-state index in [9.17, 15) is 9.59 Å². The summed E-state index contributed by atoms with van der Waals surface area (Å²) in [6.07, 6.45) is 1.58. The molecule has 2 aromatic carbocycles. The van der Waals surface area contributed by atoms with Crippen LogP contribution in [-0.2, 0) is 4.74 Å². The SMILES string of the molecule is COC(=O)c1ccc(NC(=O)c2ccc(Nc3cccc(OC)c3)cn2)cc1. The van der Waals surface area contributed by atoms with Gasteiger partial charge in [-0.15, -0.1) is 0 Å². The summed E-state index contributed by atoms with van der Waals surface area (Å²) in [7, 11) is 2.92. The number of esters is 1. The molecule has 3 aromatic rings. The summed E-state index contributed by atoms with van der Waals surface area (Å²) in [6.45, 7) is 0. The summed E-state index contributed by atoms with van der Waals surface area (Å²) >= 11 is 0. The van der Waals surface area contributed by atoms with Gasteiger partial charge in [-0.25, -0.2) is 9.78 Å². The van der Waals surface area contributed by atoms with Crippen molar-refractivity contribution in [2.24, 2.45) is 0 Å². The Morgan fingerprint density at radius 2 is 1.64 bits per heavy atom. The number of hydrogen-bond acceptors (Lipinski definition) is 6. The van der Waals surface area contributed by atoms with Crippen LogP contribution in [0.1, 0.15) is 20.8 Å². The van der Waals surface area contributed by atoms with Crippen LogP contribution in [-0.4, -0.2) is 31.1 Å². The zero-order valence-electron chi connectivity index (χ0n) is 15.4. The largest absolute Gasteiger partial charge is 0.497 e. The fraction of sp³-hybridized carbons (Fsp3) is 0.0952. The molecule has 142 valence electrons. The second kappa shape index (κ2) is 8.68. The molecule has 0 unspecified atom stereocenters. The molecule has 7 heteroatoms. The number of nitrogens with zero attached hydrogens (tertiary/aromatic N) is 1. The van der Waals surface area contributed by atoms with Crippen molar-refractivity contribution in [3.8, 4) is 5.75 Å². The number of hydrogen-bond donors (Lipinski definition) is 2. The summed E-state index contributed by atoms with van der Waals surface area (Å²) in [5.41, 5.74) is 2.83. The molecule has 0 saturated carbocycles. The standard InChI is InChI=1S/C21H19N3O4/c1-27-18-5-3-4-16(12-18)23-17-10-11-19(22-13-17)20(25)24-15-8-6-14(7-9-15)21(26)28-2/h3-13,23H,1-2H3,(H,24,25). The van der Waals surface area contributed by atoms with Crippen LogP contribution in [0.15, 0.2) is 66.9 Å². The molecule has 0 atom stereocenters. The lowest BCUT2D eigenvalue weighted by Gasteiger charge is -2.09. The number of nitrogens with one attached hydrogen (secondary N) is 2. The maximum Gasteiger partial charge on any atom is 0.337 e. The highest BCUT2D eigenvalue weighted by molar-refractivity contribution is 6.03. The van der Waals surface area contributed by atoms with Gasteiger partial charge in [-0.2, -0.15) is 0 Å². The molecule has 0 aliphatic rings. The van der Waals surface area contributed by atoms with Crippen molar-refractivity contribution in [3.63, 3.8) is 0 Å². The smallest absolute Gasteiger partial charge is 0.337 e. The Hall–Kier alpha value is -3.87. The molecule has 0 aliphatic carbocycles. The van der Waals surface area contributed by atoms with Crippen LogP contribution in [0, 0.1) is 0 Å². The van der Waals surface area contributed by atoms with Gasteiger partial charge in [-0.05, 0) is 48.5 Å². The number of carbonyl (C=O) groups excluding carboxylic acids is 2. The number of rotatable bonds is 6. The molecule has 1 amide bonds. The van der Waals surface area contributed by atoms with Crippen molar-refractivity contribution < 1.29 is 19.1 Å². The second-order valence-electron chi connectivity index (χ2n) is 5.81. The third kappa shape index (κ3) is 4.64. The Bertz CT molecular complexity index is 970. The molecule has 0 saturated heterocycles. The van der Waals surface area contributed by atoms with Crippen LogP contribution in [0.2, 0.25) is 0 Å². The molecular weight excluding hydrogens is 358 g/mol. The van der Waals surface area contributed by atoms with Crippen molar-refractivity contribution in [2.45, 2.75) is 0 Å². The Kier molecular flexibility index (Phi) is 5.86. The number of amides is 1. The first-order valence-electron chi connectivity index (χ1n) is 8.46. The zero-order chi connectivity index (χ0) is 19.9. The van der Waals surface area contributed by atoms with E-state index in [0.717, 1.165) is 17.1 Å². The Balaban J connectivity index is 1.64. The van der Waals surface area contributed by atoms with Crippen molar-refractivity contribution >= 4 is 28.9 Å². The van der Waals surface area contributed by atoms with E-state index in [1.165, 1.54) is 7.11 Å². The number of aromatic nitrogens is 1. The molecule has 0 fully saturated rings. The number of methoxy groups -OCH3 is 2. The number of ether oxygens (including phenoxy) is 2. The predicted octanol–water partition coefficient (Wildman–Crippen LogP) is 3.87. The van der Waals surface area contributed by atoms with Crippen molar-refractivity contribution in [1.29, 1.82) is 0 Å². The lowest BCUT2D eigenvalue weighted by Crippen LogP contribution is -2.13. The van der Waals surface area contributed by atoms with Gasteiger partial charge in [0.05, 0.1) is 31.7 Å². The molecule has 28 heavy (non-hydrogen) atoms. The number of anilines is 3. The molecular formula is C21H19N3O4. The maximum atomic E-state index is 12.3. The normalized spacial score (nSPS) is 10.1. The van der Waals surface area contributed by atoms with Crippen LogP contribution < -0.4 is 15.4 Å². The van der Waals surface area contributed by atoms with E-state index in [-0.39, 0.29) is 11.6 Å². The van der Waals surface area contributed by atoms with Crippen LogP contribution in [0.25, 0.3) is 0 Å². The monoisotopic (exact) mass is 377 g/mol. The van der Waals surface area contributed by atoms with Gasteiger partial charge in [-0.1, -0.05) is 6.07 Å². The lowest BCUT2D eigenvalue weighted by molar-refractivity contribution is 0.0600. The third-order valence-electron chi connectivity index (χ3n) is 3.92. The highest BCUT2D eigenvalue weighted by atomic mass is 16.5. The first-order valence-corrected chi connectivity index (χ1v) is 8.46. The van der Waals surface area contributed by atoms with Gasteiger partial charge in [0.15, 0.2) is 0 Å². The average molecular weight is 377 g/mol. The Morgan fingerprint density at radius 1 is 0.893 bits per heavy atom. The van der Waals surface area contributed by atoms with Crippen molar-refractivity contribution in [1.82, 2.24) is 4.98 Å². The molecule has 0 spiro atoms. The minimum Gasteiger partial charge on any atom is -0.497 e. The number of benzene rings is 2. The molecule has 2 N–H and O–H groups in total. The highest BCUT2D eigenvalue weighted by Crippen LogP contribution is 2.21. The summed E-state index contributed by atoms with van der Waals surface area (Å²) < 4.78 is 9.84. The van der Waals surface area contributed by atoms with Crippen LogP contribution in [0.5, 0.6) is 5.75 Å². The van der Waals surface area contributed by atoms with Gasteiger partial charge in [0, 0.05) is 17.4 Å². The quantitative estimate of drug-likeness (QED) is 0.634. The topological polar surface area (TPSA) is 89.5 Å². The molecule has 1 heterocycles. The molecule has 3 rings (SSSR count). The number of pyridine rings is 1. The molecule has 0 aliphatic heterocycles. The second-order valence-corrected chi connectivity index (χ2v) is 5.81. The first-order chi connectivity index (χ1) is 13.6. The van der Waals surface area contributed by atoms with E-state index in [4.69, 9.17) is 4.74 Å². The molecule has 0 radical (unpaired) electrons. The zero-order valence-corrected chi connectivity index (χ0v) is 15.4. The van der Waals surface area contributed by atoms with Gasteiger partial charge in [-0.3, -0.25) is 4.79 Å². The van der Waals surface area contributed by atoms with E-state index >= 15 is 0 Å². The Labute approximate surface area is 162 Å². The lowest BCUT2D eigenvalue weighted by atomic mass is 10.2. The maximum absolute atomic E-state index is 12.3. The molecule has 7 nitrogen and oxygen atoms in total. The summed E-state index contributed by atoms with van der Waals surface area (Å²) in [5, 5.41) is 5.93.